The number of benzene rings is 1. The Balaban J connectivity index is 0.000000203. The first kappa shape index (κ1) is 14.4. The van der Waals surface area contributed by atoms with Crippen molar-refractivity contribution < 1.29 is 14.3 Å². The van der Waals surface area contributed by atoms with Crippen molar-refractivity contribution in [3.63, 3.8) is 0 Å². The highest BCUT2D eigenvalue weighted by molar-refractivity contribution is 6.14. The lowest BCUT2D eigenvalue weighted by atomic mass is 10.1. The predicted octanol–water partition coefficient (Wildman–Crippen LogP) is 3.97. The van der Waals surface area contributed by atoms with E-state index in [1.165, 1.54) is 32.1 Å². The van der Waals surface area contributed by atoms with Gasteiger partial charge in [-0.3, -0.25) is 0 Å². The molecule has 0 unspecified atom stereocenters. The summed E-state index contributed by atoms with van der Waals surface area (Å²) in [6.07, 6.45) is 7.01. The molecule has 1 aromatic rings. The van der Waals surface area contributed by atoms with Crippen molar-refractivity contribution in [3.8, 4) is 0 Å². The molecule has 18 heavy (non-hydrogen) atoms. The number of hydrogen-bond acceptors (Lipinski definition) is 3. The van der Waals surface area contributed by atoms with E-state index < -0.39 is 11.9 Å². The molecule has 0 spiro atoms. The van der Waals surface area contributed by atoms with Gasteiger partial charge in [0.15, 0.2) is 0 Å². The predicted molar refractivity (Wildman–Crippen MR) is 70.6 cm³/mol. The van der Waals surface area contributed by atoms with E-state index in [1.807, 2.05) is 0 Å². The summed E-state index contributed by atoms with van der Waals surface area (Å²) >= 11 is 0. The number of esters is 2. The lowest BCUT2D eigenvalue weighted by Gasteiger charge is -1.90. The molecule has 0 aliphatic carbocycles. The maximum Gasteiger partial charge on any atom is 0.346 e. The second-order valence-corrected chi connectivity index (χ2v) is 4.28. The standard InChI is InChI=1S/C8H4O3.C7H16/c9-7-5-3-1-2-4-6(5)8(10)11-7;1-3-5-7-6-4-2/h1-4H;3-7H2,1-2H3. The molecule has 0 atom stereocenters. The van der Waals surface area contributed by atoms with Crippen molar-refractivity contribution in [1.29, 1.82) is 0 Å². The number of unbranched alkanes of at least 4 members (excludes halogenated alkanes) is 4. The molecule has 1 aliphatic heterocycles. The third-order valence-electron chi connectivity index (χ3n) is 2.76. The molecule has 0 fully saturated rings. The van der Waals surface area contributed by atoms with Gasteiger partial charge in [0.25, 0.3) is 0 Å². The average molecular weight is 248 g/mol. The van der Waals surface area contributed by atoms with Crippen LogP contribution in [-0.2, 0) is 4.74 Å². The largest absolute Gasteiger partial charge is 0.386 e. The fourth-order valence-corrected chi connectivity index (χ4v) is 1.71. The van der Waals surface area contributed by atoms with E-state index in [2.05, 4.69) is 18.6 Å². The molecule has 0 aromatic heterocycles. The van der Waals surface area contributed by atoms with Crippen molar-refractivity contribution in [3.05, 3.63) is 35.4 Å². The second-order valence-electron chi connectivity index (χ2n) is 4.28. The smallest absolute Gasteiger partial charge is 0.346 e. The molecule has 98 valence electrons. The quantitative estimate of drug-likeness (QED) is 0.460. The number of fused-ring (bicyclic) bond motifs is 1. The number of rotatable bonds is 4. The molecule has 0 bridgehead atoms. The van der Waals surface area contributed by atoms with Crippen LogP contribution in [0.15, 0.2) is 24.3 Å². The normalized spacial score (nSPS) is 12.6. The third-order valence-corrected chi connectivity index (χ3v) is 2.76. The first-order chi connectivity index (χ1) is 8.70. The summed E-state index contributed by atoms with van der Waals surface area (Å²) < 4.78 is 4.35. The molecule has 0 saturated carbocycles. The molecule has 2 rings (SSSR count). The maximum absolute atomic E-state index is 10.8. The first-order valence-corrected chi connectivity index (χ1v) is 6.56. The Hall–Kier alpha value is -1.64. The monoisotopic (exact) mass is 248 g/mol. The van der Waals surface area contributed by atoms with Gasteiger partial charge in [0.1, 0.15) is 0 Å². The summed E-state index contributed by atoms with van der Waals surface area (Å²) in [6, 6.07) is 6.53. The molecule has 1 heterocycles. The Morgan fingerprint density at radius 2 is 1.28 bits per heavy atom. The summed E-state index contributed by atoms with van der Waals surface area (Å²) in [5.74, 6) is -1.10. The summed E-state index contributed by atoms with van der Waals surface area (Å²) in [6.45, 7) is 4.49. The highest BCUT2D eigenvalue weighted by Crippen LogP contribution is 2.18. The van der Waals surface area contributed by atoms with Gasteiger partial charge in [-0.15, -0.1) is 0 Å². The van der Waals surface area contributed by atoms with E-state index in [4.69, 9.17) is 0 Å². The van der Waals surface area contributed by atoms with Crippen molar-refractivity contribution >= 4 is 11.9 Å². The Morgan fingerprint density at radius 3 is 1.67 bits per heavy atom. The Labute approximate surface area is 108 Å². The van der Waals surface area contributed by atoms with Gasteiger partial charge in [0.05, 0.1) is 11.1 Å². The fourth-order valence-electron chi connectivity index (χ4n) is 1.71. The number of cyclic esters (lactones) is 2. The highest BCUT2D eigenvalue weighted by atomic mass is 16.6. The average Bonchev–Trinajstić information content (AvgIpc) is 2.67. The zero-order chi connectivity index (χ0) is 13.4. The lowest BCUT2D eigenvalue weighted by Crippen LogP contribution is -1.96. The topological polar surface area (TPSA) is 43.4 Å². The van der Waals surface area contributed by atoms with E-state index in [-0.39, 0.29) is 0 Å². The minimum absolute atomic E-state index is 0.359. The van der Waals surface area contributed by atoms with Crippen LogP contribution in [0.5, 0.6) is 0 Å². The van der Waals surface area contributed by atoms with Crippen molar-refractivity contribution in [2.45, 2.75) is 46.0 Å². The molecule has 3 nitrogen and oxygen atoms in total. The van der Waals surface area contributed by atoms with Crippen LogP contribution >= 0.6 is 0 Å². The van der Waals surface area contributed by atoms with E-state index in [0.29, 0.717) is 11.1 Å². The van der Waals surface area contributed by atoms with Gasteiger partial charge in [-0.1, -0.05) is 58.1 Å². The van der Waals surface area contributed by atoms with Gasteiger partial charge in [-0.05, 0) is 12.1 Å². The zero-order valence-electron chi connectivity index (χ0n) is 11.1. The number of hydrogen-bond donors (Lipinski definition) is 0. The van der Waals surface area contributed by atoms with E-state index in [1.54, 1.807) is 24.3 Å². The molecule has 0 radical (unpaired) electrons. The van der Waals surface area contributed by atoms with Gasteiger partial charge >= 0.3 is 11.9 Å². The second kappa shape index (κ2) is 7.64. The van der Waals surface area contributed by atoms with Gasteiger partial charge < -0.3 is 4.74 Å². The number of ether oxygens (including phenoxy) is 1. The zero-order valence-corrected chi connectivity index (χ0v) is 11.1. The molecular weight excluding hydrogens is 228 g/mol. The summed E-state index contributed by atoms with van der Waals surface area (Å²) in [5, 5.41) is 0. The van der Waals surface area contributed by atoms with Gasteiger partial charge in [-0.25, -0.2) is 9.59 Å². The van der Waals surface area contributed by atoms with E-state index >= 15 is 0 Å². The minimum atomic E-state index is -0.550. The molecule has 0 N–H and O–H groups in total. The van der Waals surface area contributed by atoms with Crippen molar-refractivity contribution in [1.82, 2.24) is 0 Å². The lowest BCUT2D eigenvalue weighted by molar-refractivity contribution is 0.0444. The molecule has 0 amide bonds. The van der Waals surface area contributed by atoms with Crippen LogP contribution in [0.25, 0.3) is 0 Å². The molecular formula is C15H20O3. The van der Waals surface area contributed by atoms with Crippen LogP contribution in [0.2, 0.25) is 0 Å². The molecule has 1 aliphatic rings. The minimum Gasteiger partial charge on any atom is -0.386 e. The van der Waals surface area contributed by atoms with Crippen LogP contribution in [0.1, 0.15) is 66.7 Å². The number of carbonyl (C=O) groups excluding carboxylic acids is 2. The Morgan fingerprint density at radius 1 is 0.833 bits per heavy atom. The molecule has 0 saturated heterocycles. The summed E-state index contributed by atoms with van der Waals surface area (Å²) in [5.41, 5.74) is 0.718. The van der Waals surface area contributed by atoms with Gasteiger partial charge in [0.2, 0.25) is 0 Å². The first-order valence-electron chi connectivity index (χ1n) is 6.56. The van der Waals surface area contributed by atoms with Crippen molar-refractivity contribution in [2.24, 2.45) is 0 Å². The van der Waals surface area contributed by atoms with Gasteiger partial charge in [0, 0.05) is 0 Å². The number of carbonyl (C=O) groups is 2. The van der Waals surface area contributed by atoms with Crippen LogP contribution in [0, 0.1) is 0 Å². The van der Waals surface area contributed by atoms with Crippen LogP contribution < -0.4 is 0 Å². The van der Waals surface area contributed by atoms with Crippen LogP contribution in [0.3, 0.4) is 0 Å². The maximum atomic E-state index is 10.8. The van der Waals surface area contributed by atoms with Crippen LogP contribution in [-0.4, -0.2) is 11.9 Å². The van der Waals surface area contributed by atoms with Crippen LogP contribution in [0.4, 0.5) is 0 Å². The highest BCUT2D eigenvalue weighted by Gasteiger charge is 2.28. The SMILES string of the molecule is CCCCCCC.O=C1OC(=O)c2ccccc21. The van der Waals surface area contributed by atoms with Crippen molar-refractivity contribution in [2.75, 3.05) is 0 Å². The molecule has 3 heteroatoms. The Bertz CT molecular complexity index is 373. The molecule has 1 aromatic carbocycles. The summed E-state index contributed by atoms with van der Waals surface area (Å²) in [7, 11) is 0. The summed E-state index contributed by atoms with van der Waals surface area (Å²) in [4.78, 5) is 21.7. The van der Waals surface area contributed by atoms with E-state index in [0.717, 1.165) is 0 Å². The fraction of sp³-hybridized carbons (Fsp3) is 0.467. The van der Waals surface area contributed by atoms with Gasteiger partial charge in [-0.2, -0.15) is 0 Å². The Kier molecular flexibility index (Phi) is 6.12. The van der Waals surface area contributed by atoms with E-state index in [9.17, 15) is 9.59 Å². The third kappa shape index (κ3) is 3.99.